The van der Waals surface area contributed by atoms with Crippen molar-refractivity contribution in [2.45, 2.75) is 25.7 Å². The molecule has 0 amide bonds. The molecule has 31 heavy (non-hydrogen) atoms. The van der Waals surface area contributed by atoms with Crippen LogP contribution in [0.15, 0.2) is 36.5 Å². The molecule has 2 aliphatic heterocycles. The molecule has 0 saturated carbocycles. The highest BCUT2D eigenvalue weighted by atomic mass is 19.1. The fourth-order valence-corrected chi connectivity index (χ4v) is 4.39. The Balaban J connectivity index is 1.44. The second-order valence-electron chi connectivity index (χ2n) is 7.92. The Labute approximate surface area is 179 Å². The van der Waals surface area contributed by atoms with Crippen LogP contribution < -0.4 is 5.32 Å². The Morgan fingerprint density at radius 3 is 2.90 bits per heavy atom. The molecule has 2 aliphatic rings. The first-order chi connectivity index (χ1) is 15.1. The van der Waals surface area contributed by atoms with Gasteiger partial charge in [0, 0.05) is 23.2 Å². The second-order valence-corrected chi connectivity index (χ2v) is 7.92. The zero-order chi connectivity index (χ0) is 21.4. The number of hydrogen-bond donors (Lipinski definition) is 2. The molecule has 0 aliphatic carbocycles. The first kappa shape index (κ1) is 19.7. The zero-order valence-electron chi connectivity index (χ0n) is 17.3. The molecule has 5 rings (SSSR count). The number of rotatable bonds is 4. The van der Waals surface area contributed by atoms with Crippen LogP contribution in [0.2, 0.25) is 0 Å². The summed E-state index contributed by atoms with van der Waals surface area (Å²) < 4.78 is 19.0. The predicted molar refractivity (Wildman–Crippen MR) is 116 cm³/mol. The Kier molecular flexibility index (Phi) is 5.15. The molecular weight excluding hydrogens is 397 g/mol. The van der Waals surface area contributed by atoms with Gasteiger partial charge in [0.1, 0.15) is 23.2 Å². The van der Waals surface area contributed by atoms with Crippen molar-refractivity contribution in [2.24, 2.45) is 0 Å². The van der Waals surface area contributed by atoms with Gasteiger partial charge in [-0.15, -0.1) is 0 Å². The summed E-state index contributed by atoms with van der Waals surface area (Å²) in [6, 6.07) is 8.57. The number of hydrogen-bond acceptors (Lipinski definition) is 6. The molecule has 1 saturated heterocycles. The standard InChI is InChI=1S/C23H24FN5O2/c1-2-31-19(30)13-29-10-7-14(8-11-29)22-27-20-16-6-5-15(24)12-18(16)26-23-17(21(20)28-22)4-3-9-25-23/h3-6,9,12,14H,2,7-8,10-11,13H2,1H3,(H,25,26)(H,27,28). The molecule has 160 valence electrons. The number of benzene rings is 1. The van der Waals surface area contributed by atoms with Gasteiger partial charge in [-0.05, 0) is 63.2 Å². The van der Waals surface area contributed by atoms with Crippen LogP contribution in [0.25, 0.3) is 22.5 Å². The topological polar surface area (TPSA) is 83.1 Å². The first-order valence-electron chi connectivity index (χ1n) is 10.6. The van der Waals surface area contributed by atoms with Gasteiger partial charge in [0.05, 0.1) is 24.5 Å². The quantitative estimate of drug-likeness (QED) is 0.483. The summed E-state index contributed by atoms with van der Waals surface area (Å²) in [6.45, 7) is 4.19. The Bertz CT molecular complexity index is 1120. The number of halogens is 1. The number of aromatic amines is 1. The molecule has 1 fully saturated rings. The van der Waals surface area contributed by atoms with Crippen molar-refractivity contribution in [2.75, 3.05) is 31.6 Å². The minimum Gasteiger partial charge on any atom is -0.465 e. The van der Waals surface area contributed by atoms with Crippen molar-refractivity contribution in [3.8, 4) is 22.5 Å². The molecule has 7 nitrogen and oxygen atoms in total. The van der Waals surface area contributed by atoms with Gasteiger partial charge in [-0.2, -0.15) is 0 Å². The summed E-state index contributed by atoms with van der Waals surface area (Å²) in [7, 11) is 0. The van der Waals surface area contributed by atoms with Crippen molar-refractivity contribution in [1.82, 2.24) is 19.9 Å². The van der Waals surface area contributed by atoms with Crippen LogP contribution in [-0.4, -0.2) is 52.1 Å². The Morgan fingerprint density at radius 2 is 2.10 bits per heavy atom. The van der Waals surface area contributed by atoms with Crippen LogP contribution in [0.4, 0.5) is 15.9 Å². The molecule has 8 heteroatoms. The number of ether oxygens (including phenoxy) is 1. The van der Waals surface area contributed by atoms with Crippen LogP contribution in [0, 0.1) is 5.82 Å². The highest BCUT2D eigenvalue weighted by Gasteiger charge is 2.29. The minimum absolute atomic E-state index is 0.175. The third-order valence-electron chi connectivity index (χ3n) is 5.92. The van der Waals surface area contributed by atoms with Gasteiger partial charge in [-0.3, -0.25) is 9.69 Å². The van der Waals surface area contributed by atoms with E-state index in [2.05, 4.69) is 20.2 Å². The average molecular weight is 421 g/mol. The molecule has 2 aromatic heterocycles. The van der Waals surface area contributed by atoms with E-state index in [1.165, 1.54) is 12.1 Å². The average Bonchev–Trinajstić information content (AvgIpc) is 3.15. The van der Waals surface area contributed by atoms with Crippen LogP contribution in [-0.2, 0) is 9.53 Å². The van der Waals surface area contributed by atoms with Crippen LogP contribution >= 0.6 is 0 Å². The summed E-state index contributed by atoms with van der Waals surface area (Å²) in [4.78, 5) is 26.8. The van der Waals surface area contributed by atoms with Gasteiger partial charge in [-0.25, -0.2) is 14.4 Å². The van der Waals surface area contributed by atoms with Crippen LogP contribution in [0.5, 0.6) is 0 Å². The number of nitrogens with one attached hydrogen (secondary N) is 2. The lowest BCUT2D eigenvalue weighted by Gasteiger charge is -2.30. The number of H-pyrrole nitrogens is 1. The normalized spacial score (nSPS) is 15.9. The molecule has 0 spiro atoms. The van der Waals surface area contributed by atoms with E-state index < -0.39 is 0 Å². The largest absolute Gasteiger partial charge is 0.465 e. The maximum absolute atomic E-state index is 13.9. The fraction of sp³-hybridized carbons (Fsp3) is 0.348. The maximum atomic E-state index is 13.9. The number of carbonyl (C=O) groups is 1. The van der Waals surface area contributed by atoms with Crippen molar-refractivity contribution in [3.63, 3.8) is 0 Å². The molecule has 2 N–H and O–H groups in total. The van der Waals surface area contributed by atoms with Gasteiger partial charge in [0.2, 0.25) is 0 Å². The maximum Gasteiger partial charge on any atom is 0.320 e. The second kappa shape index (κ2) is 8.11. The zero-order valence-corrected chi connectivity index (χ0v) is 17.3. The summed E-state index contributed by atoms with van der Waals surface area (Å²) in [5.74, 6) is 1.37. The number of fused-ring (bicyclic) bond motifs is 5. The van der Waals surface area contributed by atoms with Crippen molar-refractivity contribution < 1.29 is 13.9 Å². The Hall–Kier alpha value is -3.26. The summed E-state index contributed by atoms with van der Waals surface area (Å²) in [6.07, 6.45) is 3.52. The van der Waals surface area contributed by atoms with Gasteiger partial charge in [0.25, 0.3) is 0 Å². The molecule has 0 radical (unpaired) electrons. The molecule has 4 heterocycles. The summed E-state index contributed by atoms with van der Waals surface area (Å²) >= 11 is 0. The van der Waals surface area contributed by atoms with Crippen LogP contribution in [0.1, 0.15) is 31.5 Å². The van der Waals surface area contributed by atoms with E-state index in [1.54, 1.807) is 12.3 Å². The molecule has 0 atom stereocenters. The molecule has 0 bridgehead atoms. The lowest BCUT2D eigenvalue weighted by atomic mass is 9.96. The van der Waals surface area contributed by atoms with E-state index in [0.29, 0.717) is 24.7 Å². The number of pyridine rings is 1. The van der Waals surface area contributed by atoms with E-state index >= 15 is 0 Å². The molecule has 3 aromatic rings. The van der Waals surface area contributed by atoms with Gasteiger partial charge >= 0.3 is 5.97 Å². The van der Waals surface area contributed by atoms with E-state index in [-0.39, 0.29) is 17.7 Å². The first-order valence-corrected chi connectivity index (χ1v) is 10.6. The third kappa shape index (κ3) is 3.79. The summed E-state index contributed by atoms with van der Waals surface area (Å²) in [5.41, 5.74) is 4.12. The van der Waals surface area contributed by atoms with Crippen molar-refractivity contribution in [1.29, 1.82) is 0 Å². The van der Waals surface area contributed by atoms with E-state index in [4.69, 9.17) is 9.72 Å². The van der Waals surface area contributed by atoms with E-state index in [0.717, 1.165) is 54.3 Å². The van der Waals surface area contributed by atoms with Crippen molar-refractivity contribution in [3.05, 3.63) is 48.2 Å². The summed E-state index contributed by atoms with van der Waals surface area (Å²) in [5, 5.41) is 3.25. The van der Waals surface area contributed by atoms with E-state index in [9.17, 15) is 9.18 Å². The number of aromatic nitrogens is 3. The lowest BCUT2D eigenvalue weighted by molar-refractivity contribution is -0.144. The molecule has 0 unspecified atom stereocenters. The van der Waals surface area contributed by atoms with Crippen molar-refractivity contribution >= 4 is 17.5 Å². The number of piperidine rings is 1. The number of nitrogens with zero attached hydrogens (tertiary/aromatic N) is 3. The minimum atomic E-state index is -0.305. The SMILES string of the molecule is CCOC(=O)CN1CCC(c2nc3c([nH]2)-c2ccc(F)cc2Nc2ncccc2-3)CC1. The smallest absolute Gasteiger partial charge is 0.320 e. The predicted octanol–water partition coefficient (Wildman–Crippen LogP) is 4.08. The fourth-order valence-electron chi connectivity index (χ4n) is 4.39. The van der Waals surface area contributed by atoms with Gasteiger partial charge in [-0.1, -0.05) is 0 Å². The monoisotopic (exact) mass is 421 g/mol. The number of anilines is 2. The number of imidazole rings is 1. The number of likely N-dealkylation sites (tertiary alicyclic amines) is 1. The highest BCUT2D eigenvalue weighted by Crippen LogP contribution is 2.43. The lowest BCUT2D eigenvalue weighted by Crippen LogP contribution is -2.37. The molecule has 1 aromatic carbocycles. The van der Waals surface area contributed by atoms with Crippen LogP contribution in [0.3, 0.4) is 0 Å². The van der Waals surface area contributed by atoms with Gasteiger partial charge in [0.15, 0.2) is 0 Å². The van der Waals surface area contributed by atoms with Gasteiger partial charge < -0.3 is 15.0 Å². The number of carbonyl (C=O) groups excluding carboxylic acids is 1. The Morgan fingerprint density at radius 1 is 1.26 bits per heavy atom. The van der Waals surface area contributed by atoms with E-state index in [1.807, 2.05) is 19.1 Å². The highest BCUT2D eigenvalue weighted by molar-refractivity contribution is 5.94. The number of esters is 1. The third-order valence-corrected chi connectivity index (χ3v) is 5.92. The molecular formula is C23H24FN5O2.